The molecule has 0 saturated carbocycles. The van der Waals surface area contributed by atoms with Gasteiger partial charge < -0.3 is 5.32 Å². The number of rotatable bonds is 1. The van der Waals surface area contributed by atoms with Crippen LogP contribution in [0.2, 0.25) is 0 Å². The minimum Gasteiger partial charge on any atom is -0.308 e. The lowest BCUT2D eigenvalue weighted by Gasteiger charge is -1.99. The molecule has 0 aromatic rings. The number of alkyl halides is 2. The minimum absolute atomic E-state index is 0. The Kier molecular flexibility index (Phi) is 4.06. The van der Waals surface area contributed by atoms with Crippen molar-refractivity contribution in [3.05, 3.63) is 0 Å². The molecule has 56 valence electrons. The van der Waals surface area contributed by atoms with Crippen molar-refractivity contribution in [2.45, 2.75) is 18.6 Å². The number of hydrogen-bond donors (Lipinski definition) is 1. The van der Waals surface area contributed by atoms with E-state index in [0.717, 1.165) is 0 Å². The van der Waals surface area contributed by atoms with Crippen LogP contribution in [0.1, 0.15) is 6.42 Å². The van der Waals surface area contributed by atoms with Crippen LogP contribution in [0.3, 0.4) is 0 Å². The van der Waals surface area contributed by atoms with Gasteiger partial charge >= 0.3 is 0 Å². The van der Waals surface area contributed by atoms with E-state index < -0.39 is 12.8 Å². The van der Waals surface area contributed by atoms with Gasteiger partial charge in [-0.3, -0.25) is 0 Å². The Morgan fingerprint density at radius 1 is 1.56 bits per heavy atom. The second-order valence-corrected chi connectivity index (χ2v) is 2.09. The fraction of sp³-hybridized carbons (Fsp3) is 1.00. The van der Waals surface area contributed by atoms with Crippen molar-refractivity contribution in [3.8, 4) is 0 Å². The molecule has 0 aliphatic carbocycles. The molecule has 1 aliphatic heterocycles. The van der Waals surface area contributed by atoms with Crippen LogP contribution in [0.15, 0.2) is 0 Å². The van der Waals surface area contributed by atoms with Crippen LogP contribution in [0, 0.1) is 0 Å². The fourth-order valence-electron chi connectivity index (χ4n) is 0.887. The minimum atomic E-state index is -0.823. The van der Waals surface area contributed by atoms with Gasteiger partial charge in [-0.1, -0.05) is 0 Å². The van der Waals surface area contributed by atoms with Crippen molar-refractivity contribution in [1.29, 1.82) is 0 Å². The van der Waals surface area contributed by atoms with Gasteiger partial charge in [0.25, 0.3) is 0 Å². The normalized spacial score (nSPS) is 34.0. The lowest BCUT2D eigenvalue weighted by molar-refractivity contribution is 0.341. The number of nitrogens with one attached hydrogen (secondary N) is 1. The van der Waals surface area contributed by atoms with Gasteiger partial charge in [-0.2, -0.15) is 0 Å². The summed E-state index contributed by atoms with van der Waals surface area (Å²) >= 11 is 0. The zero-order valence-corrected chi connectivity index (χ0v) is 5.76. The van der Waals surface area contributed by atoms with Gasteiger partial charge in [0.05, 0.1) is 0 Å². The first-order valence-electron chi connectivity index (χ1n) is 2.76. The molecule has 4 heteroatoms. The Bertz CT molecular complexity index is 81.4. The van der Waals surface area contributed by atoms with Crippen LogP contribution in [0.25, 0.3) is 0 Å². The predicted molar refractivity (Wildman–Crippen MR) is 34.5 cm³/mol. The van der Waals surface area contributed by atoms with Gasteiger partial charge in [0.2, 0.25) is 0 Å². The van der Waals surface area contributed by atoms with E-state index in [2.05, 4.69) is 5.32 Å². The first-order valence-corrected chi connectivity index (χ1v) is 2.76. The van der Waals surface area contributed by atoms with Crippen LogP contribution in [-0.2, 0) is 0 Å². The molecule has 0 bridgehead atoms. The van der Waals surface area contributed by atoms with E-state index in [1.54, 1.807) is 0 Å². The molecule has 2 atom stereocenters. The first-order chi connectivity index (χ1) is 3.83. The maximum Gasteiger partial charge on any atom is 0.114 e. The van der Waals surface area contributed by atoms with Gasteiger partial charge in [0, 0.05) is 12.6 Å². The van der Waals surface area contributed by atoms with E-state index in [4.69, 9.17) is 0 Å². The number of halogens is 3. The lowest BCUT2D eigenvalue weighted by atomic mass is 10.2. The molecule has 2 unspecified atom stereocenters. The quantitative estimate of drug-likeness (QED) is 0.601. The van der Waals surface area contributed by atoms with Crippen molar-refractivity contribution >= 4 is 12.4 Å². The lowest BCUT2D eigenvalue weighted by Crippen LogP contribution is -2.22. The molecule has 1 heterocycles. The highest BCUT2D eigenvalue weighted by atomic mass is 35.5. The number of hydrogen-bond acceptors (Lipinski definition) is 1. The summed E-state index contributed by atoms with van der Waals surface area (Å²) in [5, 5.41) is 2.71. The largest absolute Gasteiger partial charge is 0.308 e. The summed E-state index contributed by atoms with van der Waals surface area (Å²) in [4.78, 5) is 0. The van der Waals surface area contributed by atoms with Crippen molar-refractivity contribution in [2.75, 3.05) is 13.2 Å². The molecule has 1 rings (SSSR count). The molecule has 1 nitrogen and oxygen atoms in total. The molecule has 1 N–H and O–H groups in total. The molecule has 0 amide bonds. The van der Waals surface area contributed by atoms with Crippen LogP contribution in [0.4, 0.5) is 8.78 Å². The highest BCUT2D eigenvalue weighted by Gasteiger charge is 2.22. The zero-order valence-electron chi connectivity index (χ0n) is 4.94. The summed E-state index contributed by atoms with van der Waals surface area (Å²) in [6.45, 7) is -0.116. The summed E-state index contributed by atoms with van der Waals surface area (Å²) in [5.74, 6) is 0. The van der Waals surface area contributed by atoms with Crippen LogP contribution >= 0.6 is 12.4 Å². The third-order valence-electron chi connectivity index (χ3n) is 1.35. The van der Waals surface area contributed by atoms with E-state index in [-0.39, 0.29) is 18.4 Å². The molecular weight excluding hydrogens is 148 g/mol. The van der Waals surface area contributed by atoms with Gasteiger partial charge in [-0.05, 0) is 6.42 Å². The first kappa shape index (κ1) is 9.11. The van der Waals surface area contributed by atoms with Gasteiger partial charge in [-0.15, -0.1) is 12.4 Å². The molecule has 0 aromatic carbocycles. The fourth-order valence-corrected chi connectivity index (χ4v) is 0.887. The molecule has 1 fully saturated rings. The van der Waals surface area contributed by atoms with E-state index in [0.29, 0.717) is 13.0 Å². The maximum absolute atomic E-state index is 12.1. The van der Waals surface area contributed by atoms with Crippen LogP contribution in [-0.4, -0.2) is 25.4 Å². The Labute approximate surface area is 59.2 Å². The topological polar surface area (TPSA) is 12.0 Å². The Hall–Kier alpha value is 0.110. The van der Waals surface area contributed by atoms with Crippen LogP contribution in [0.5, 0.6) is 0 Å². The SMILES string of the molecule is Cl.FCC1CC(F)CN1. The second-order valence-electron chi connectivity index (χ2n) is 2.09. The Morgan fingerprint density at radius 3 is 2.44 bits per heavy atom. The third-order valence-corrected chi connectivity index (χ3v) is 1.35. The van der Waals surface area contributed by atoms with Gasteiger partial charge in [-0.25, -0.2) is 8.78 Å². The molecule has 0 radical (unpaired) electrons. The Morgan fingerprint density at radius 2 is 2.22 bits per heavy atom. The summed E-state index contributed by atoms with van der Waals surface area (Å²) in [7, 11) is 0. The summed E-state index contributed by atoms with van der Waals surface area (Å²) in [6.07, 6.45) is -0.480. The average Bonchev–Trinajstić information content (AvgIpc) is 2.14. The average molecular weight is 158 g/mol. The third kappa shape index (κ3) is 2.45. The van der Waals surface area contributed by atoms with Crippen molar-refractivity contribution in [3.63, 3.8) is 0 Å². The summed E-state index contributed by atoms with van der Waals surface area (Å²) in [6, 6.07) is -0.218. The van der Waals surface area contributed by atoms with Crippen molar-refractivity contribution < 1.29 is 8.78 Å². The zero-order chi connectivity index (χ0) is 5.98. The predicted octanol–water partition coefficient (Wildman–Crippen LogP) is 1.08. The summed E-state index contributed by atoms with van der Waals surface area (Å²) < 4.78 is 23.8. The summed E-state index contributed by atoms with van der Waals surface area (Å²) in [5.41, 5.74) is 0. The van der Waals surface area contributed by atoms with E-state index in [1.165, 1.54) is 0 Å². The van der Waals surface area contributed by atoms with Crippen molar-refractivity contribution in [2.24, 2.45) is 0 Å². The standard InChI is InChI=1S/C5H9F2N.ClH/c6-2-5-1-4(7)3-8-5;/h4-5,8H,1-3H2;1H. The molecule has 9 heavy (non-hydrogen) atoms. The second kappa shape index (κ2) is 4.01. The molecule has 0 aromatic heterocycles. The van der Waals surface area contributed by atoms with E-state index >= 15 is 0 Å². The monoisotopic (exact) mass is 157 g/mol. The van der Waals surface area contributed by atoms with Crippen LogP contribution < -0.4 is 5.32 Å². The maximum atomic E-state index is 12.1. The van der Waals surface area contributed by atoms with E-state index in [1.807, 2.05) is 0 Å². The molecule has 0 spiro atoms. The Balaban J connectivity index is 0.000000640. The van der Waals surface area contributed by atoms with E-state index in [9.17, 15) is 8.78 Å². The highest BCUT2D eigenvalue weighted by molar-refractivity contribution is 5.85. The molecular formula is C5H10ClF2N. The highest BCUT2D eigenvalue weighted by Crippen LogP contribution is 2.09. The van der Waals surface area contributed by atoms with Gasteiger partial charge in [0.15, 0.2) is 0 Å². The van der Waals surface area contributed by atoms with Crippen molar-refractivity contribution in [1.82, 2.24) is 5.32 Å². The molecule has 1 aliphatic rings. The smallest absolute Gasteiger partial charge is 0.114 e. The molecule has 1 saturated heterocycles. The van der Waals surface area contributed by atoms with Gasteiger partial charge in [0.1, 0.15) is 12.8 Å².